The molecule has 1 atom stereocenters. The summed E-state index contributed by atoms with van der Waals surface area (Å²) in [6, 6.07) is 11.8. The summed E-state index contributed by atoms with van der Waals surface area (Å²) in [4.78, 5) is 27.2. The highest BCUT2D eigenvalue weighted by atomic mass is 35.5. The van der Waals surface area contributed by atoms with E-state index in [1.54, 1.807) is 37.3 Å². The van der Waals surface area contributed by atoms with Crippen LogP contribution in [0.15, 0.2) is 48.5 Å². The van der Waals surface area contributed by atoms with E-state index in [-0.39, 0.29) is 43.4 Å². The zero-order chi connectivity index (χ0) is 25.3. The SMILES string of the molecule is CCCNC(=O)[C@@H](C)N(Cc1ccc(Cl)cc1)C(=O)CCCN(c1ccccc1F)S(C)(=O)=O. The molecule has 7 nitrogen and oxygen atoms in total. The molecule has 34 heavy (non-hydrogen) atoms. The Hall–Kier alpha value is -2.65. The molecule has 0 aromatic heterocycles. The minimum atomic E-state index is -3.76. The van der Waals surface area contributed by atoms with E-state index in [2.05, 4.69) is 5.32 Å². The fourth-order valence-corrected chi connectivity index (χ4v) is 4.49. The number of para-hydroxylation sites is 1. The molecule has 0 aliphatic carbocycles. The molecule has 0 radical (unpaired) electrons. The summed E-state index contributed by atoms with van der Waals surface area (Å²) in [7, 11) is -3.76. The van der Waals surface area contributed by atoms with Gasteiger partial charge in [0.1, 0.15) is 11.9 Å². The largest absolute Gasteiger partial charge is 0.354 e. The Morgan fingerprint density at radius 2 is 1.76 bits per heavy atom. The van der Waals surface area contributed by atoms with Gasteiger partial charge in [-0.05, 0) is 49.6 Å². The standard InChI is InChI=1S/C24H31ClFN3O4S/c1-4-15-27-24(31)18(2)28(17-19-11-13-20(25)14-12-19)23(30)10-7-16-29(34(3,32)33)22-9-6-5-8-21(22)26/h5-6,8-9,11-14,18H,4,7,10,15-17H2,1-3H3,(H,27,31)/t18-/m1/s1. The summed E-state index contributed by atoms with van der Waals surface area (Å²) in [6.45, 7) is 4.21. The Morgan fingerprint density at radius 3 is 2.35 bits per heavy atom. The van der Waals surface area contributed by atoms with Gasteiger partial charge in [-0.3, -0.25) is 13.9 Å². The van der Waals surface area contributed by atoms with Crippen LogP contribution in [0.4, 0.5) is 10.1 Å². The van der Waals surface area contributed by atoms with Gasteiger partial charge in [-0.2, -0.15) is 0 Å². The minimum Gasteiger partial charge on any atom is -0.354 e. The molecule has 0 saturated carbocycles. The van der Waals surface area contributed by atoms with Gasteiger partial charge >= 0.3 is 0 Å². The number of carbonyl (C=O) groups is 2. The van der Waals surface area contributed by atoms with Gasteiger partial charge in [-0.25, -0.2) is 12.8 Å². The Balaban J connectivity index is 2.15. The molecule has 2 amide bonds. The highest BCUT2D eigenvalue weighted by Crippen LogP contribution is 2.22. The van der Waals surface area contributed by atoms with Crippen molar-refractivity contribution < 1.29 is 22.4 Å². The Kier molecular flexibility index (Phi) is 10.3. The van der Waals surface area contributed by atoms with Gasteiger partial charge in [-0.15, -0.1) is 0 Å². The monoisotopic (exact) mass is 511 g/mol. The van der Waals surface area contributed by atoms with E-state index in [1.165, 1.54) is 23.1 Å². The second-order valence-electron chi connectivity index (χ2n) is 8.01. The number of hydrogen-bond donors (Lipinski definition) is 1. The van der Waals surface area contributed by atoms with E-state index >= 15 is 0 Å². The summed E-state index contributed by atoms with van der Waals surface area (Å²) in [6.07, 6.45) is 1.90. The molecule has 2 aromatic carbocycles. The lowest BCUT2D eigenvalue weighted by Gasteiger charge is -2.29. The van der Waals surface area contributed by atoms with Crippen LogP contribution in [0.3, 0.4) is 0 Å². The van der Waals surface area contributed by atoms with Crippen molar-refractivity contribution in [3.05, 3.63) is 64.9 Å². The third kappa shape index (κ3) is 7.99. The molecule has 0 aliphatic rings. The minimum absolute atomic E-state index is 0.0144. The van der Waals surface area contributed by atoms with Crippen molar-refractivity contribution in [3.8, 4) is 0 Å². The third-order valence-electron chi connectivity index (χ3n) is 5.26. The van der Waals surface area contributed by atoms with E-state index in [4.69, 9.17) is 11.6 Å². The second-order valence-corrected chi connectivity index (χ2v) is 10.3. The van der Waals surface area contributed by atoms with Crippen LogP contribution >= 0.6 is 11.6 Å². The first-order valence-electron chi connectivity index (χ1n) is 11.1. The van der Waals surface area contributed by atoms with E-state index in [1.807, 2.05) is 6.92 Å². The van der Waals surface area contributed by atoms with E-state index < -0.39 is 21.9 Å². The van der Waals surface area contributed by atoms with Crippen molar-refractivity contribution in [2.45, 2.75) is 45.7 Å². The summed E-state index contributed by atoms with van der Waals surface area (Å²) >= 11 is 5.95. The Bertz CT molecular complexity index is 1080. The first-order valence-corrected chi connectivity index (χ1v) is 13.3. The normalized spacial score (nSPS) is 12.1. The van der Waals surface area contributed by atoms with Crippen molar-refractivity contribution in [2.24, 2.45) is 0 Å². The molecule has 0 saturated heterocycles. The lowest BCUT2D eigenvalue weighted by atomic mass is 10.1. The maximum Gasteiger partial charge on any atom is 0.242 e. The summed E-state index contributed by atoms with van der Waals surface area (Å²) in [5, 5.41) is 3.36. The van der Waals surface area contributed by atoms with Gasteiger partial charge in [-0.1, -0.05) is 42.8 Å². The number of anilines is 1. The molecular formula is C24H31ClFN3O4S. The highest BCUT2D eigenvalue weighted by Gasteiger charge is 2.27. The van der Waals surface area contributed by atoms with Gasteiger partial charge in [0.15, 0.2) is 0 Å². The lowest BCUT2D eigenvalue weighted by molar-refractivity contribution is -0.140. The van der Waals surface area contributed by atoms with Gasteiger partial charge < -0.3 is 10.2 Å². The van der Waals surface area contributed by atoms with E-state index in [9.17, 15) is 22.4 Å². The zero-order valence-corrected chi connectivity index (χ0v) is 21.2. The first kappa shape index (κ1) is 27.6. The fraction of sp³-hybridized carbons (Fsp3) is 0.417. The molecule has 0 spiro atoms. The number of rotatable bonds is 12. The number of halogens is 2. The molecule has 186 valence electrons. The molecule has 2 aromatic rings. The average molecular weight is 512 g/mol. The highest BCUT2D eigenvalue weighted by molar-refractivity contribution is 7.92. The summed E-state index contributed by atoms with van der Waals surface area (Å²) in [5.74, 6) is -1.24. The Labute approximate surface area is 205 Å². The molecule has 0 unspecified atom stereocenters. The fourth-order valence-electron chi connectivity index (χ4n) is 3.40. The molecular weight excluding hydrogens is 481 g/mol. The van der Waals surface area contributed by atoms with Gasteiger partial charge in [0.25, 0.3) is 0 Å². The van der Waals surface area contributed by atoms with Crippen LogP contribution in [-0.2, 0) is 26.2 Å². The molecule has 0 fully saturated rings. The van der Waals surface area contributed by atoms with Crippen LogP contribution in [0.25, 0.3) is 0 Å². The second kappa shape index (κ2) is 12.7. The number of sulfonamides is 1. The van der Waals surface area contributed by atoms with Crippen LogP contribution < -0.4 is 9.62 Å². The average Bonchev–Trinajstić information content (AvgIpc) is 2.79. The van der Waals surface area contributed by atoms with E-state index in [0.717, 1.165) is 22.5 Å². The Morgan fingerprint density at radius 1 is 1.12 bits per heavy atom. The molecule has 10 heteroatoms. The van der Waals surface area contributed by atoms with Crippen LogP contribution in [0, 0.1) is 5.82 Å². The molecule has 0 aliphatic heterocycles. The predicted molar refractivity (Wildman–Crippen MR) is 133 cm³/mol. The smallest absolute Gasteiger partial charge is 0.242 e. The number of hydrogen-bond acceptors (Lipinski definition) is 4. The van der Waals surface area contributed by atoms with Crippen LogP contribution in [-0.4, -0.2) is 50.5 Å². The first-order chi connectivity index (χ1) is 16.0. The van der Waals surface area contributed by atoms with E-state index in [0.29, 0.717) is 11.6 Å². The van der Waals surface area contributed by atoms with Crippen molar-refractivity contribution in [1.29, 1.82) is 0 Å². The quantitative estimate of drug-likeness (QED) is 0.467. The molecule has 1 N–H and O–H groups in total. The summed E-state index contributed by atoms with van der Waals surface area (Å²) < 4.78 is 39.7. The van der Waals surface area contributed by atoms with Crippen LogP contribution in [0.5, 0.6) is 0 Å². The predicted octanol–water partition coefficient (Wildman–Crippen LogP) is 3.97. The van der Waals surface area contributed by atoms with Crippen LogP contribution in [0.1, 0.15) is 38.7 Å². The zero-order valence-electron chi connectivity index (χ0n) is 19.6. The van der Waals surface area contributed by atoms with Crippen molar-refractivity contribution in [3.63, 3.8) is 0 Å². The lowest BCUT2D eigenvalue weighted by Crippen LogP contribution is -2.47. The summed E-state index contributed by atoms with van der Waals surface area (Å²) in [5.41, 5.74) is 0.736. The number of nitrogens with one attached hydrogen (secondary N) is 1. The maximum absolute atomic E-state index is 14.2. The third-order valence-corrected chi connectivity index (χ3v) is 6.69. The van der Waals surface area contributed by atoms with Gasteiger partial charge in [0, 0.05) is 31.1 Å². The number of benzene rings is 2. The number of carbonyl (C=O) groups excluding carboxylic acids is 2. The number of amides is 2. The van der Waals surface area contributed by atoms with Crippen molar-refractivity contribution in [2.75, 3.05) is 23.7 Å². The molecule has 0 heterocycles. The van der Waals surface area contributed by atoms with Crippen molar-refractivity contribution >= 4 is 39.1 Å². The van der Waals surface area contributed by atoms with Crippen LogP contribution in [0.2, 0.25) is 5.02 Å². The van der Waals surface area contributed by atoms with Crippen molar-refractivity contribution in [1.82, 2.24) is 10.2 Å². The van der Waals surface area contributed by atoms with Gasteiger partial charge in [0.05, 0.1) is 11.9 Å². The molecule has 2 rings (SSSR count). The number of nitrogens with zero attached hydrogens (tertiary/aromatic N) is 2. The van der Waals surface area contributed by atoms with Gasteiger partial charge in [0.2, 0.25) is 21.8 Å². The maximum atomic E-state index is 14.2. The molecule has 0 bridgehead atoms. The topological polar surface area (TPSA) is 86.8 Å².